The third kappa shape index (κ3) is 2.55. The van der Waals surface area contributed by atoms with Gasteiger partial charge in [0.05, 0.1) is 5.41 Å². The van der Waals surface area contributed by atoms with Gasteiger partial charge in [-0.05, 0) is 39.3 Å². The van der Waals surface area contributed by atoms with Crippen LogP contribution in [0.3, 0.4) is 0 Å². The average Bonchev–Trinajstić information content (AvgIpc) is 2.63. The maximum absolute atomic E-state index is 11.3. The van der Waals surface area contributed by atoms with Crippen LogP contribution in [0, 0.1) is 5.41 Å². The molecule has 0 bridgehead atoms. The Hall–Kier alpha value is -0.610. The lowest BCUT2D eigenvalue weighted by Crippen LogP contribution is -2.44. The number of nitrogens with one attached hydrogen (secondary N) is 1. The SMILES string of the molecule is CC1(C(N)=O)CCN(CC2CCCCN2)C1. The van der Waals surface area contributed by atoms with E-state index >= 15 is 0 Å². The maximum atomic E-state index is 11.3. The molecule has 0 spiro atoms. The van der Waals surface area contributed by atoms with Crippen molar-refractivity contribution in [2.45, 2.75) is 38.6 Å². The molecule has 2 rings (SSSR count). The first kappa shape index (κ1) is 11.9. The van der Waals surface area contributed by atoms with Crippen LogP contribution in [0.15, 0.2) is 0 Å². The van der Waals surface area contributed by atoms with Gasteiger partial charge in [-0.3, -0.25) is 4.79 Å². The topological polar surface area (TPSA) is 58.4 Å². The maximum Gasteiger partial charge on any atom is 0.224 e. The first-order valence-electron chi connectivity index (χ1n) is 6.36. The van der Waals surface area contributed by atoms with Crippen molar-refractivity contribution in [2.24, 2.45) is 11.1 Å². The quantitative estimate of drug-likeness (QED) is 0.727. The van der Waals surface area contributed by atoms with Crippen LogP contribution in [0.2, 0.25) is 0 Å². The van der Waals surface area contributed by atoms with Crippen molar-refractivity contribution in [1.82, 2.24) is 10.2 Å². The Kier molecular flexibility index (Phi) is 3.50. The first-order chi connectivity index (χ1) is 7.60. The molecule has 92 valence electrons. The smallest absolute Gasteiger partial charge is 0.224 e. The summed E-state index contributed by atoms with van der Waals surface area (Å²) in [6, 6.07) is 0.615. The number of nitrogens with two attached hydrogens (primary N) is 1. The molecular formula is C12H23N3O. The van der Waals surface area contributed by atoms with Gasteiger partial charge in [0.25, 0.3) is 0 Å². The number of primary amides is 1. The van der Waals surface area contributed by atoms with Crippen molar-refractivity contribution in [2.75, 3.05) is 26.2 Å². The fourth-order valence-corrected chi connectivity index (χ4v) is 2.80. The fraction of sp³-hybridized carbons (Fsp3) is 0.917. The average molecular weight is 225 g/mol. The highest BCUT2D eigenvalue weighted by molar-refractivity contribution is 5.81. The Morgan fingerprint density at radius 3 is 2.94 bits per heavy atom. The molecule has 2 atom stereocenters. The minimum Gasteiger partial charge on any atom is -0.369 e. The molecule has 2 aliphatic rings. The third-order valence-electron chi connectivity index (χ3n) is 4.04. The van der Waals surface area contributed by atoms with Crippen LogP contribution >= 0.6 is 0 Å². The molecule has 2 aliphatic heterocycles. The molecule has 2 unspecified atom stereocenters. The molecule has 0 aromatic rings. The number of likely N-dealkylation sites (tertiary alicyclic amines) is 1. The fourth-order valence-electron chi connectivity index (χ4n) is 2.80. The first-order valence-corrected chi connectivity index (χ1v) is 6.36. The molecule has 0 aliphatic carbocycles. The molecule has 2 saturated heterocycles. The van der Waals surface area contributed by atoms with Crippen molar-refractivity contribution in [3.63, 3.8) is 0 Å². The second-order valence-corrected chi connectivity index (χ2v) is 5.56. The van der Waals surface area contributed by atoms with E-state index in [0.29, 0.717) is 6.04 Å². The number of carbonyl (C=O) groups excluding carboxylic acids is 1. The Balaban J connectivity index is 1.82. The highest BCUT2D eigenvalue weighted by atomic mass is 16.1. The Labute approximate surface area is 97.6 Å². The summed E-state index contributed by atoms with van der Waals surface area (Å²) in [6.07, 6.45) is 4.81. The lowest BCUT2D eigenvalue weighted by atomic mass is 9.89. The van der Waals surface area contributed by atoms with Gasteiger partial charge in [0, 0.05) is 19.1 Å². The molecule has 1 amide bonds. The number of amides is 1. The summed E-state index contributed by atoms with van der Waals surface area (Å²) in [4.78, 5) is 13.7. The standard InChI is InChI=1S/C12H23N3O/c1-12(11(13)16)5-7-15(9-12)8-10-4-2-3-6-14-10/h10,14H,2-9H2,1H3,(H2,13,16). The zero-order chi connectivity index (χ0) is 11.6. The van der Waals surface area contributed by atoms with Crippen LogP contribution in [0.4, 0.5) is 0 Å². The molecule has 16 heavy (non-hydrogen) atoms. The predicted molar refractivity (Wildman–Crippen MR) is 64.0 cm³/mol. The van der Waals surface area contributed by atoms with Crippen molar-refractivity contribution in [1.29, 1.82) is 0 Å². The molecule has 0 aromatic heterocycles. The second kappa shape index (κ2) is 4.72. The number of carbonyl (C=O) groups is 1. The van der Waals surface area contributed by atoms with E-state index in [-0.39, 0.29) is 11.3 Å². The molecule has 0 saturated carbocycles. The minimum absolute atomic E-state index is 0.147. The highest BCUT2D eigenvalue weighted by Crippen LogP contribution is 2.29. The number of nitrogens with zero attached hydrogens (tertiary/aromatic N) is 1. The lowest BCUT2D eigenvalue weighted by Gasteiger charge is -2.28. The zero-order valence-electron chi connectivity index (χ0n) is 10.2. The van der Waals surface area contributed by atoms with Gasteiger partial charge >= 0.3 is 0 Å². The van der Waals surface area contributed by atoms with Crippen molar-refractivity contribution < 1.29 is 4.79 Å². The molecule has 3 N–H and O–H groups in total. The number of hydrogen-bond acceptors (Lipinski definition) is 3. The monoisotopic (exact) mass is 225 g/mol. The summed E-state index contributed by atoms with van der Waals surface area (Å²) in [7, 11) is 0. The van der Waals surface area contributed by atoms with Gasteiger partial charge in [-0.2, -0.15) is 0 Å². The van der Waals surface area contributed by atoms with Crippen LogP contribution in [-0.4, -0.2) is 43.0 Å². The van der Waals surface area contributed by atoms with Gasteiger partial charge in [-0.1, -0.05) is 6.42 Å². The number of rotatable bonds is 3. The molecule has 2 heterocycles. The number of hydrogen-bond donors (Lipinski definition) is 2. The lowest BCUT2D eigenvalue weighted by molar-refractivity contribution is -0.126. The number of piperidine rings is 1. The summed E-state index contributed by atoms with van der Waals surface area (Å²) in [5.41, 5.74) is 5.15. The molecule has 4 nitrogen and oxygen atoms in total. The van der Waals surface area contributed by atoms with Crippen LogP contribution in [0.5, 0.6) is 0 Å². The van der Waals surface area contributed by atoms with Gasteiger partial charge in [-0.15, -0.1) is 0 Å². The van der Waals surface area contributed by atoms with E-state index in [9.17, 15) is 4.79 Å². The van der Waals surface area contributed by atoms with Gasteiger partial charge in [0.15, 0.2) is 0 Å². The van der Waals surface area contributed by atoms with E-state index in [4.69, 9.17) is 5.73 Å². The summed E-state index contributed by atoms with van der Waals surface area (Å²) < 4.78 is 0. The molecule has 2 fully saturated rings. The summed E-state index contributed by atoms with van der Waals surface area (Å²) in [5.74, 6) is -0.147. The Morgan fingerprint density at radius 2 is 2.38 bits per heavy atom. The largest absolute Gasteiger partial charge is 0.369 e. The zero-order valence-corrected chi connectivity index (χ0v) is 10.2. The van der Waals surface area contributed by atoms with E-state index in [1.54, 1.807) is 0 Å². The van der Waals surface area contributed by atoms with Crippen LogP contribution in [0.1, 0.15) is 32.6 Å². The minimum atomic E-state index is -0.297. The Morgan fingerprint density at radius 1 is 1.56 bits per heavy atom. The van der Waals surface area contributed by atoms with E-state index in [1.807, 2.05) is 6.92 Å². The van der Waals surface area contributed by atoms with E-state index < -0.39 is 0 Å². The van der Waals surface area contributed by atoms with Gasteiger partial charge in [0.2, 0.25) is 5.91 Å². The van der Waals surface area contributed by atoms with Crippen LogP contribution < -0.4 is 11.1 Å². The van der Waals surface area contributed by atoms with Crippen LogP contribution in [0.25, 0.3) is 0 Å². The molecule has 0 aromatic carbocycles. The molecular weight excluding hydrogens is 202 g/mol. The van der Waals surface area contributed by atoms with Crippen molar-refractivity contribution >= 4 is 5.91 Å². The van der Waals surface area contributed by atoms with E-state index in [0.717, 1.165) is 32.6 Å². The molecule has 0 radical (unpaired) electrons. The summed E-state index contributed by atoms with van der Waals surface area (Å²) in [5, 5.41) is 3.54. The van der Waals surface area contributed by atoms with Crippen molar-refractivity contribution in [3.05, 3.63) is 0 Å². The van der Waals surface area contributed by atoms with Gasteiger partial charge < -0.3 is 16.0 Å². The van der Waals surface area contributed by atoms with Gasteiger partial charge in [0.1, 0.15) is 0 Å². The molecule has 4 heteroatoms. The van der Waals surface area contributed by atoms with Crippen LogP contribution in [-0.2, 0) is 4.79 Å². The second-order valence-electron chi connectivity index (χ2n) is 5.56. The van der Waals surface area contributed by atoms with Gasteiger partial charge in [-0.25, -0.2) is 0 Å². The summed E-state index contributed by atoms with van der Waals surface area (Å²) in [6.45, 7) is 6.05. The van der Waals surface area contributed by atoms with E-state index in [2.05, 4.69) is 10.2 Å². The highest BCUT2D eigenvalue weighted by Gasteiger charge is 2.39. The predicted octanol–water partition coefficient (Wildman–Crippen LogP) is 0.326. The Bertz CT molecular complexity index is 263. The third-order valence-corrected chi connectivity index (χ3v) is 4.04. The van der Waals surface area contributed by atoms with Crippen molar-refractivity contribution in [3.8, 4) is 0 Å². The normalized spacial score (nSPS) is 36.4. The van der Waals surface area contributed by atoms with E-state index in [1.165, 1.54) is 19.3 Å². The summed E-state index contributed by atoms with van der Waals surface area (Å²) >= 11 is 0.